The summed E-state index contributed by atoms with van der Waals surface area (Å²) in [6, 6.07) is 0.481. The van der Waals surface area contributed by atoms with E-state index in [1.54, 1.807) is 0 Å². The monoisotopic (exact) mass is 155 g/mol. The van der Waals surface area contributed by atoms with E-state index in [-0.39, 0.29) is 0 Å². The van der Waals surface area contributed by atoms with Gasteiger partial charge in [-0.2, -0.15) is 0 Å². The number of hydrogen-bond acceptors (Lipinski definition) is 1. The van der Waals surface area contributed by atoms with Crippen molar-refractivity contribution in [1.82, 2.24) is 0 Å². The Morgan fingerprint density at radius 1 is 1.18 bits per heavy atom. The van der Waals surface area contributed by atoms with Gasteiger partial charge in [0.05, 0.1) is 0 Å². The van der Waals surface area contributed by atoms with Crippen LogP contribution in [0.1, 0.15) is 41.0 Å². The Hall–Kier alpha value is -0.330. The van der Waals surface area contributed by atoms with Crippen molar-refractivity contribution in [3.63, 3.8) is 0 Å². The van der Waals surface area contributed by atoms with Crippen molar-refractivity contribution >= 4 is 6.21 Å². The van der Waals surface area contributed by atoms with Gasteiger partial charge in [-0.05, 0) is 31.4 Å². The molecule has 1 nitrogen and oxygen atoms in total. The van der Waals surface area contributed by atoms with Gasteiger partial charge in [-0.15, -0.1) is 0 Å². The Kier molecular flexibility index (Phi) is 5.18. The summed E-state index contributed by atoms with van der Waals surface area (Å²) < 4.78 is 0. The third kappa shape index (κ3) is 4.18. The zero-order valence-electron chi connectivity index (χ0n) is 8.46. The van der Waals surface area contributed by atoms with Crippen molar-refractivity contribution < 1.29 is 0 Å². The van der Waals surface area contributed by atoms with Gasteiger partial charge < -0.3 is 0 Å². The van der Waals surface area contributed by atoms with Gasteiger partial charge in [0, 0.05) is 6.04 Å². The standard InChI is InChI=1S/C10H21N/c1-6-7-11-10(5)9(4)8(2)3/h7-10H,6H2,1-5H3. The lowest BCUT2D eigenvalue weighted by molar-refractivity contribution is 0.364. The van der Waals surface area contributed by atoms with Crippen LogP contribution in [0.25, 0.3) is 0 Å². The Morgan fingerprint density at radius 3 is 2.09 bits per heavy atom. The molecule has 0 heterocycles. The quantitative estimate of drug-likeness (QED) is 0.553. The van der Waals surface area contributed by atoms with Crippen molar-refractivity contribution in [2.75, 3.05) is 0 Å². The maximum atomic E-state index is 4.44. The third-order valence-electron chi connectivity index (χ3n) is 2.34. The lowest BCUT2D eigenvalue weighted by atomic mass is 9.92. The highest BCUT2D eigenvalue weighted by Gasteiger charge is 2.13. The topological polar surface area (TPSA) is 12.4 Å². The molecular formula is C10H21N. The molecule has 11 heavy (non-hydrogen) atoms. The minimum atomic E-state index is 0.481. The SMILES string of the molecule is CCC=NC(C)C(C)C(C)C. The molecule has 0 N–H and O–H groups in total. The Morgan fingerprint density at radius 2 is 1.73 bits per heavy atom. The van der Waals surface area contributed by atoms with Crippen LogP contribution in [0.3, 0.4) is 0 Å². The minimum absolute atomic E-state index is 0.481. The van der Waals surface area contributed by atoms with Gasteiger partial charge in [0.25, 0.3) is 0 Å². The van der Waals surface area contributed by atoms with E-state index >= 15 is 0 Å². The molecule has 0 spiro atoms. The molecule has 0 radical (unpaired) electrons. The molecule has 2 atom stereocenters. The summed E-state index contributed by atoms with van der Waals surface area (Å²) in [5.74, 6) is 1.43. The molecule has 2 unspecified atom stereocenters. The van der Waals surface area contributed by atoms with E-state index in [1.807, 2.05) is 6.21 Å². The second-order valence-electron chi connectivity index (χ2n) is 3.58. The molecule has 0 aromatic carbocycles. The second-order valence-corrected chi connectivity index (χ2v) is 3.58. The lowest BCUT2D eigenvalue weighted by Crippen LogP contribution is -2.17. The molecule has 0 aromatic rings. The first-order valence-corrected chi connectivity index (χ1v) is 4.61. The predicted molar refractivity (Wildman–Crippen MR) is 52.2 cm³/mol. The fourth-order valence-electron chi connectivity index (χ4n) is 0.964. The van der Waals surface area contributed by atoms with Crippen LogP contribution in [0.5, 0.6) is 0 Å². The fraction of sp³-hybridized carbons (Fsp3) is 0.900. The van der Waals surface area contributed by atoms with Gasteiger partial charge in [-0.25, -0.2) is 0 Å². The van der Waals surface area contributed by atoms with Gasteiger partial charge in [0.15, 0.2) is 0 Å². The van der Waals surface area contributed by atoms with Crippen molar-refractivity contribution in [3.05, 3.63) is 0 Å². The zero-order valence-corrected chi connectivity index (χ0v) is 8.46. The van der Waals surface area contributed by atoms with E-state index in [4.69, 9.17) is 0 Å². The number of aliphatic imine (C=N–C) groups is 1. The second kappa shape index (κ2) is 5.34. The van der Waals surface area contributed by atoms with Crippen LogP contribution in [-0.4, -0.2) is 12.3 Å². The number of rotatable bonds is 4. The Bertz CT molecular complexity index is 116. The molecule has 66 valence electrons. The third-order valence-corrected chi connectivity index (χ3v) is 2.34. The van der Waals surface area contributed by atoms with Crippen LogP contribution in [0, 0.1) is 11.8 Å². The van der Waals surface area contributed by atoms with E-state index in [2.05, 4.69) is 39.6 Å². The van der Waals surface area contributed by atoms with Crippen molar-refractivity contribution in [2.24, 2.45) is 16.8 Å². The Balaban J connectivity index is 3.81. The largest absolute Gasteiger partial charge is 0.294 e. The average Bonchev–Trinajstić information content (AvgIpc) is 1.98. The molecule has 0 aliphatic carbocycles. The summed E-state index contributed by atoms with van der Waals surface area (Å²) in [5, 5.41) is 0. The predicted octanol–water partition coefficient (Wildman–Crippen LogP) is 3.15. The number of nitrogens with zero attached hydrogens (tertiary/aromatic N) is 1. The molecule has 0 saturated heterocycles. The number of hydrogen-bond donors (Lipinski definition) is 0. The molecule has 0 fully saturated rings. The summed E-state index contributed by atoms with van der Waals surface area (Å²) in [6.45, 7) is 11.1. The van der Waals surface area contributed by atoms with Gasteiger partial charge in [-0.1, -0.05) is 27.7 Å². The minimum Gasteiger partial charge on any atom is -0.294 e. The lowest BCUT2D eigenvalue weighted by Gasteiger charge is -2.19. The average molecular weight is 155 g/mol. The van der Waals surface area contributed by atoms with E-state index < -0.39 is 0 Å². The molecule has 0 bridgehead atoms. The molecular weight excluding hydrogens is 134 g/mol. The van der Waals surface area contributed by atoms with Crippen LogP contribution < -0.4 is 0 Å². The van der Waals surface area contributed by atoms with Gasteiger partial charge in [-0.3, -0.25) is 4.99 Å². The van der Waals surface area contributed by atoms with Crippen LogP contribution in [0.2, 0.25) is 0 Å². The van der Waals surface area contributed by atoms with Crippen LogP contribution >= 0.6 is 0 Å². The van der Waals surface area contributed by atoms with Crippen LogP contribution in [0.4, 0.5) is 0 Å². The normalized spacial score (nSPS) is 17.6. The van der Waals surface area contributed by atoms with E-state index in [0.717, 1.165) is 12.3 Å². The molecule has 0 saturated carbocycles. The first-order valence-electron chi connectivity index (χ1n) is 4.61. The highest BCUT2D eigenvalue weighted by molar-refractivity contribution is 5.56. The Labute approximate surface area is 70.9 Å². The van der Waals surface area contributed by atoms with E-state index in [9.17, 15) is 0 Å². The van der Waals surface area contributed by atoms with Gasteiger partial charge in [0.1, 0.15) is 0 Å². The van der Waals surface area contributed by atoms with Crippen molar-refractivity contribution in [3.8, 4) is 0 Å². The summed E-state index contributed by atoms with van der Waals surface area (Å²) in [6.07, 6.45) is 3.07. The molecule has 1 heteroatoms. The van der Waals surface area contributed by atoms with Crippen LogP contribution in [0.15, 0.2) is 4.99 Å². The van der Waals surface area contributed by atoms with E-state index in [0.29, 0.717) is 12.0 Å². The smallest absolute Gasteiger partial charge is 0.0495 e. The highest BCUT2D eigenvalue weighted by atomic mass is 14.8. The zero-order chi connectivity index (χ0) is 8.85. The molecule has 0 aromatic heterocycles. The highest BCUT2D eigenvalue weighted by Crippen LogP contribution is 2.16. The summed E-state index contributed by atoms with van der Waals surface area (Å²) in [7, 11) is 0. The molecule has 0 aliphatic heterocycles. The van der Waals surface area contributed by atoms with Gasteiger partial charge in [0.2, 0.25) is 0 Å². The van der Waals surface area contributed by atoms with Gasteiger partial charge >= 0.3 is 0 Å². The van der Waals surface area contributed by atoms with Crippen molar-refractivity contribution in [1.29, 1.82) is 0 Å². The summed E-state index contributed by atoms with van der Waals surface area (Å²) in [4.78, 5) is 4.44. The molecule has 0 amide bonds. The van der Waals surface area contributed by atoms with Crippen LogP contribution in [-0.2, 0) is 0 Å². The fourth-order valence-corrected chi connectivity index (χ4v) is 0.964. The first-order chi connectivity index (χ1) is 5.09. The summed E-state index contributed by atoms with van der Waals surface area (Å²) >= 11 is 0. The van der Waals surface area contributed by atoms with E-state index in [1.165, 1.54) is 0 Å². The molecule has 0 aliphatic rings. The first kappa shape index (κ1) is 10.7. The summed E-state index contributed by atoms with van der Waals surface area (Å²) in [5.41, 5.74) is 0. The van der Waals surface area contributed by atoms with Crippen molar-refractivity contribution in [2.45, 2.75) is 47.1 Å². The molecule has 0 rings (SSSR count). The maximum absolute atomic E-state index is 4.44. The maximum Gasteiger partial charge on any atom is 0.0495 e.